The average molecular weight is 386 g/mol. The summed E-state index contributed by atoms with van der Waals surface area (Å²) in [6.07, 6.45) is 5.78. The monoisotopic (exact) mass is 386 g/mol. The van der Waals surface area contributed by atoms with E-state index in [1.54, 1.807) is 6.20 Å². The van der Waals surface area contributed by atoms with Crippen LogP contribution in [0.15, 0.2) is 70.0 Å². The largest absolute Gasteiger partial charge is 0.424 e. The first kappa shape index (κ1) is 17.7. The lowest BCUT2D eigenvalue weighted by atomic mass is 9.83. The molecule has 2 aromatic carbocycles. The average Bonchev–Trinajstić information content (AvgIpc) is 3.24. The van der Waals surface area contributed by atoms with Gasteiger partial charge in [-0.2, -0.15) is 5.10 Å². The van der Waals surface area contributed by atoms with Crippen molar-refractivity contribution in [3.63, 3.8) is 0 Å². The predicted molar refractivity (Wildman–Crippen MR) is 113 cm³/mol. The minimum absolute atomic E-state index is 0.127. The van der Waals surface area contributed by atoms with Gasteiger partial charge in [0.2, 0.25) is 0 Å². The van der Waals surface area contributed by atoms with Crippen molar-refractivity contribution in [3.05, 3.63) is 76.8 Å². The van der Waals surface area contributed by atoms with E-state index < -0.39 is 0 Å². The molecule has 0 atom stereocenters. The molecule has 0 bridgehead atoms. The highest BCUT2D eigenvalue weighted by Crippen LogP contribution is 2.35. The number of rotatable bonds is 4. The molecule has 0 saturated heterocycles. The molecule has 1 aliphatic carbocycles. The quantitative estimate of drug-likeness (QED) is 0.530. The van der Waals surface area contributed by atoms with Crippen LogP contribution in [0.25, 0.3) is 22.1 Å². The SMILES string of the molecule is O=c1[nH]nc(C2CCC(Nc3ncc(-c4ccccc4)o3)CC2)c2ccccc12. The molecule has 4 aromatic rings. The Morgan fingerprint density at radius 2 is 1.66 bits per heavy atom. The van der Waals surface area contributed by atoms with Gasteiger partial charge in [-0.15, -0.1) is 0 Å². The summed E-state index contributed by atoms with van der Waals surface area (Å²) in [5.41, 5.74) is 1.90. The van der Waals surface area contributed by atoms with Crippen LogP contribution in [0.5, 0.6) is 0 Å². The summed E-state index contributed by atoms with van der Waals surface area (Å²) in [6, 6.07) is 18.6. The summed E-state index contributed by atoms with van der Waals surface area (Å²) in [7, 11) is 0. The number of oxazole rings is 1. The number of H-pyrrole nitrogens is 1. The topological polar surface area (TPSA) is 83.8 Å². The highest BCUT2D eigenvalue weighted by molar-refractivity contribution is 5.83. The summed E-state index contributed by atoms with van der Waals surface area (Å²) in [5.74, 6) is 1.12. The van der Waals surface area contributed by atoms with E-state index in [1.807, 2.05) is 54.6 Å². The van der Waals surface area contributed by atoms with E-state index in [9.17, 15) is 4.79 Å². The van der Waals surface area contributed by atoms with Gasteiger partial charge in [-0.05, 0) is 31.7 Å². The first-order valence-corrected chi connectivity index (χ1v) is 10.0. The van der Waals surface area contributed by atoms with Gasteiger partial charge in [0.05, 0.1) is 17.3 Å². The van der Waals surface area contributed by atoms with Gasteiger partial charge in [-0.3, -0.25) is 4.79 Å². The van der Waals surface area contributed by atoms with Gasteiger partial charge in [0.1, 0.15) is 0 Å². The van der Waals surface area contributed by atoms with E-state index in [-0.39, 0.29) is 5.56 Å². The van der Waals surface area contributed by atoms with Crippen LogP contribution in [-0.2, 0) is 0 Å². The van der Waals surface area contributed by atoms with Crippen molar-refractivity contribution in [1.29, 1.82) is 0 Å². The second kappa shape index (κ2) is 7.54. The molecule has 1 saturated carbocycles. The van der Waals surface area contributed by atoms with Gasteiger partial charge < -0.3 is 9.73 Å². The first-order valence-electron chi connectivity index (χ1n) is 10.0. The summed E-state index contributed by atoms with van der Waals surface area (Å²) < 4.78 is 5.88. The zero-order valence-electron chi connectivity index (χ0n) is 16.0. The van der Waals surface area contributed by atoms with Gasteiger partial charge in [0, 0.05) is 22.9 Å². The van der Waals surface area contributed by atoms with Crippen molar-refractivity contribution in [2.24, 2.45) is 0 Å². The lowest BCUT2D eigenvalue weighted by Crippen LogP contribution is -2.26. The third-order valence-corrected chi connectivity index (χ3v) is 5.73. The maximum Gasteiger partial charge on any atom is 0.295 e. The second-order valence-corrected chi connectivity index (χ2v) is 7.57. The van der Waals surface area contributed by atoms with E-state index in [4.69, 9.17) is 4.42 Å². The number of benzene rings is 2. The third kappa shape index (κ3) is 3.53. The normalized spacial score (nSPS) is 19.3. The molecule has 0 spiro atoms. The Hall–Kier alpha value is -3.41. The number of anilines is 1. The first-order chi connectivity index (χ1) is 14.3. The van der Waals surface area contributed by atoms with E-state index in [2.05, 4.69) is 20.5 Å². The van der Waals surface area contributed by atoms with Gasteiger partial charge in [0.25, 0.3) is 11.6 Å². The van der Waals surface area contributed by atoms with Gasteiger partial charge in [-0.25, -0.2) is 10.1 Å². The molecule has 1 aliphatic rings. The molecular formula is C23H22N4O2. The lowest BCUT2D eigenvalue weighted by Gasteiger charge is -2.28. The number of fused-ring (bicyclic) bond motifs is 1. The van der Waals surface area contributed by atoms with Crippen LogP contribution in [0.1, 0.15) is 37.3 Å². The highest BCUT2D eigenvalue weighted by atomic mass is 16.4. The molecule has 0 amide bonds. The molecule has 2 aromatic heterocycles. The maximum absolute atomic E-state index is 12.0. The summed E-state index contributed by atoms with van der Waals surface area (Å²) in [5, 5.41) is 12.2. The molecular weight excluding hydrogens is 364 g/mol. The molecule has 29 heavy (non-hydrogen) atoms. The smallest absolute Gasteiger partial charge is 0.295 e. The highest BCUT2D eigenvalue weighted by Gasteiger charge is 2.26. The predicted octanol–water partition coefficient (Wildman–Crippen LogP) is 4.72. The number of hydrogen-bond donors (Lipinski definition) is 2. The molecule has 0 aliphatic heterocycles. The Balaban J connectivity index is 1.27. The molecule has 5 rings (SSSR count). The molecule has 6 nitrogen and oxygen atoms in total. The molecule has 1 fully saturated rings. The van der Waals surface area contributed by atoms with E-state index in [1.165, 1.54) is 0 Å². The van der Waals surface area contributed by atoms with Crippen molar-refractivity contribution in [2.75, 3.05) is 5.32 Å². The standard InChI is InChI=1S/C23H22N4O2/c28-22-19-9-5-4-8-18(19)21(26-27-22)16-10-12-17(13-11-16)25-23-24-14-20(29-23)15-6-2-1-3-7-15/h1-9,14,16-17H,10-13H2,(H,24,25)(H,27,28). The summed E-state index contributed by atoms with van der Waals surface area (Å²) in [6.45, 7) is 0. The molecule has 0 radical (unpaired) electrons. The third-order valence-electron chi connectivity index (χ3n) is 5.73. The Bertz CT molecular complexity index is 1170. The van der Waals surface area contributed by atoms with Crippen LogP contribution in [0, 0.1) is 0 Å². The van der Waals surface area contributed by atoms with Crippen LogP contribution in [0.2, 0.25) is 0 Å². The molecule has 2 heterocycles. The van der Waals surface area contributed by atoms with E-state index in [0.717, 1.165) is 48.1 Å². The number of hydrogen-bond acceptors (Lipinski definition) is 5. The van der Waals surface area contributed by atoms with E-state index in [0.29, 0.717) is 23.4 Å². The lowest BCUT2D eigenvalue weighted by molar-refractivity contribution is 0.399. The Morgan fingerprint density at radius 3 is 2.45 bits per heavy atom. The number of nitrogens with zero attached hydrogens (tertiary/aromatic N) is 2. The fourth-order valence-corrected chi connectivity index (χ4v) is 4.21. The minimum atomic E-state index is -0.127. The maximum atomic E-state index is 12.0. The Kier molecular flexibility index (Phi) is 4.60. The molecule has 146 valence electrons. The van der Waals surface area contributed by atoms with Crippen LogP contribution in [0.4, 0.5) is 6.01 Å². The molecule has 6 heteroatoms. The van der Waals surface area contributed by atoms with E-state index >= 15 is 0 Å². The zero-order chi connectivity index (χ0) is 19.6. The fourth-order valence-electron chi connectivity index (χ4n) is 4.21. The van der Waals surface area contributed by atoms with Crippen molar-refractivity contribution in [1.82, 2.24) is 15.2 Å². The zero-order valence-corrected chi connectivity index (χ0v) is 16.0. The van der Waals surface area contributed by atoms with Crippen LogP contribution in [-0.4, -0.2) is 21.2 Å². The number of aromatic nitrogens is 3. The van der Waals surface area contributed by atoms with Crippen molar-refractivity contribution >= 4 is 16.8 Å². The molecule has 0 unspecified atom stereocenters. The van der Waals surface area contributed by atoms with Crippen LogP contribution < -0.4 is 10.9 Å². The number of nitrogens with one attached hydrogen (secondary N) is 2. The van der Waals surface area contributed by atoms with Crippen molar-refractivity contribution in [3.8, 4) is 11.3 Å². The van der Waals surface area contributed by atoms with Gasteiger partial charge in [-0.1, -0.05) is 48.5 Å². The van der Waals surface area contributed by atoms with Gasteiger partial charge in [0.15, 0.2) is 5.76 Å². The summed E-state index contributed by atoms with van der Waals surface area (Å²) in [4.78, 5) is 16.4. The van der Waals surface area contributed by atoms with Crippen LogP contribution >= 0.6 is 0 Å². The summed E-state index contributed by atoms with van der Waals surface area (Å²) >= 11 is 0. The Labute approximate surface area is 168 Å². The van der Waals surface area contributed by atoms with Crippen LogP contribution in [0.3, 0.4) is 0 Å². The fraction of sp³-hybridized carbons (Fsp3) is 0.261. The Morgan fingerprint density at radius 1 is 0.931 bits per heavy atom. The molecule has 2 N–H and O–H groups in total. The van der Waals surface area contributed by atoms with Crippen molar-refractivity contribution < 1.29 is 4.42 Å². The van der Waals surface area contributed by atoms with Crippen molar-refractivity contribution in [2.45, 2.75) is 37.6 Å². The number of aromatic amines is 1. The second-order valence-electron chi connectivity index (χ2n) is 7.57. The van der Waals surface area contributed by atoms with Gasteiger partial charge >= 0.3 is 0 Å². The minimum Gasteiger partial charge on any atom is -0.424 e.